The zero-order valence-corrected chi connectivity index (χ0v) is 12.8. The topological polar surface area (TPSA) is 45.2 Å². The summed E-state index contributed by atoms with van der Waals surface area (Å²) in [5.41, 5.74) is 0.290. The number of hydrogen-bond donors (Lipinski definition) is 1. The van der Waals surface area contributed by atoms with Crippen LogP contribution in [-0.2, 0) is 11.0 Å². The number of aromatic nitrogens is 1. The predicted molar refractivity (Wildman–Crippen MR) is 83.5 cm³/mol. The number of amides is 1. The lowest BCUT2D eigenvalue weighted by molar-refractivity contribution is -0.137. The van der Waals surface area contributed by atoms with Crippen LogP contribution >= 0.6 is 0 Å². The summed E-state index contributed by atoms with van der Waals surface area (Å²) in [4.78, 5) is 18.0. The molecular weight excluding hydrogens is 319 g/mol. The quantitative estimate of drug-likeness (QED) is 0.935. The second-order valence-corrected chi connectivity index (χ2v) is 6.41. The number of alkyl halides is 3. The van der Waals surface area contributed by atoms with Gasteiger partial charge in [-0.2, -0.15) is 13.2 Å². The molecule has 0 bridgehead atoms. The van der Waals surface area contributed by atoms with Crippen molar-refractivity contribution in [2.45, 2.75) is 37.5 Å². The van der Waals surface area contributed by atoms with Gasteiger partial charge in [0.2, 0.25) is 5.91 Å². The number of carbonyl (C=O) groups excluding carboxylic acids is 1. The van der Waals surface area contributed by atoms with Crippen molar-refractivity contribution in [2.75, 3.05) is 11.9 Å². The van der Waals surface area contributed by atoms with Crippen LogP contribution in [0.1, 0.15) is 24.8 Å². The summed E-state index contributed by atoms with van der Waals surface area (Å²) in [6, 6.07) is 5.64. The molecule has 0 spiro atoms. The van der Waals surface area contributed by atoms with Gasteiger partial charge >= 0.3 is 6.18 Å². The highest BCUT2D eigenvalue weighted by molar-refractivity contribution is 5.92. The second-order valence-electron chi connectivity index (χ2n) is 6.41. The summed E-state index contributed by atoms with van der Waals surface area (Å²) < 4.78 is 38.5. The van der Waals surface area contributed by atoms with Crippen molar-refractivity contribution >= 4 is 22.5 Å². The molecule has 1 atom stereocenters. The maximum Gasteiger partial charge on any atom is 0.416 e. The van der Waals surface area contributed by atoms with Crippen LogP contribution in [0, 0.1) is 0 Å². The maximum absolute atomic E-state index is 12.8. The van der Waals surface area contributed by atoms with E-state index in [9.17, 15) is 18.0 Å². The average Bonchev–Trinajstić information content (AvgIpc) is 3.30. The molecule has 1 saturated heterocycles. The van der Waals surface area contributed by atoms with E-state index in [-0.39, 0.29) is 17.5 Å². The minimum Gasteiger partial charge on any atom is -0.379 e. The fourth-order valence-electron chi connectivity index (χ4n) is 3.24. The summed E-state index contributed by atoms with van der Waals surface area (Å²) in [7, 11) is 0. The molecular formula is C17H16F3N3O. The molecule has 1 aromatic carbocycles. The van der Waals surface area contributed by atoms with Gasteiger partial charge in [-0.25, -0.2) is 0 Å². The first-order valence-electron chi connectivity index (χ1n) is 7.94. The second kappa shape index (κ2) is 5.36. The van der Waals surface area contributed by atoms with Gasteiger partial charge in [-0.05, 0) is 31.0 Å². The number of halogens is 3. The van der Waals surface area contributed by atoms with Crippen LogP contribution in [0.5, 0.6) is 0 Å². The van der Waals surface area contributed by atoms with E-state index in [0.29, 0.717) is 30.1 Å². The largest absolute Gasteiger partial charge is 0.416 e. The fraction of sp³-hybridized carbons (Fsp3) is 0.412. The van der Waals surface area contributed by atoms with Gasteiger partial charge in [-0.3, -0.25) is 9.78 Å². The number of nitrogens with one attached hydrogen (secondary N) is 1. The number of benzene rings is 1. The molecule has 1 aromatic heterocycles. The zero-order valence-electron chi connectivity index (χ0n) is 12.8. The van der Waals surface area contributed by atoms with Crippen molar-refractivity contribution in [3.8, 4) is 0 Å². The van der Waals surface area contributed by atoms with Crippen LogP contribution in [0.3, 0.4) is 0 Å². The van der Waals surface area contributed by atoms with E-state index in [2.05, 4.69) is 10.3 Å². The Hall–Kier alpha value is -2.31. The SMILES string of the molecule is O=C1CC(Nc2ccnc3cc(C(F)(F)F)ccc23)CN1C1CC1. The molecule has 1 saturated carbocycles. The fourth-order valence-corrected chi connectivity index (χ4v) is 3.24. The number of hydrogen-bond acceptors (Lipinski definition) is 3. The van der Waals surface area contributed by atoms with E-state index in [4.69, 9.17) is 0 Å². The molecule has 1 N–H and O–H groups in total. The van der Waals surface area contributed by atoms with E-state index in [1.807, 2.05) is 4.90 Å². The Morgan fingerprint density at radius 3 is 2.71 bits per heavy atom. The van der Waals surface area contributed by atoms with Crippen molar-refractivity contribution in [3.63, 3.8) is 0 Å². The molecule has 2 aromatic rings. The van der Waals surface area contributed by atoms with Crippen molar-refractivity contribution < 1.29 is 18.0 Å². The molecule has 24 heavy (non-hydrogen) atoms. The number of fused-ring (bicyclic) bond motifs is 1. The van der Waals surface area contributed by atoms with Gasteiger partial charge in [-0.1, -0.05) is 6.07 Å². The molecule has 2 heterocycles. The van der Waals surface area contributed by atoms with E-state index >= 15 is 0 Å². The van der Waals surface area contributed by atoms with Gasteiger partial charge in [0, 0.05) is 36.3 Å². The lowest BCUT2D eigenvalue weighted by Gasteiger charge is -2.18. The summed E-state index contributed by atoms with van der Waals surface area (Å²) in [6.07, 6.45) is -0.350. The van der Waals surface area contributed by atoms with Crippen LogP contribution in [0.4, 0.5) is 18.9 Å². The number of likely N-dealkylation sites (tertiary alicyclic amines) is 1. The van der Waals surface area contributed by atoms with Gasteiger partial charge in [0.1, 0.15) is 0 Å². The minimum atomic E-state index is -4.39. The van der Waals surface area contributed by atoms with Gasteiger partial charge in [-0.15, -0.1) is 0 Å². The number of rotatable bonds is 3. The highest BCUT2D eigenvalue weighted by atomic mass is 19.4. The summed E-state index contributed by atoms with van der Waals surface area (Å²) in [6.45, 7) is 0.647. The van der Waals surface area contributed by atoms with Crippen LogP contribution in [0.15, 0.2) is 30.5 Å². The zero-order chi connectivity index (χ0) is 16.9. The molecule has 2 aliphatic rings. The minimum absolute atomic E-state index is 0.0222. The van der Waals surface area contributed by atoms with Gasteiger partial charge in [0.15, 0.2) is 0 Å². The smallest absolute Gasteiger partial charge is 0.379 e. The number of pyridine rings is 1. The van der Waals surface area contributed by atoms with Gasteiger partial charge in [0.05, 0.1) is 17.1 Å². The van der Waals surface area contributed by atoms with E-state index < -0.39 is 11.7 Å². The molecule has 4 nitrogen and oxygen atoms in total. The van der Waals surface area contributed by atoms with Crippen molar-refractivity contribution in [3.05, 3.63) is 36.0 Å². The third-order valence-corrected chi connectivity index (χ3v) is 4.58. The van der Waals surface area contributed by atoms with Crippen molar-refractivity contribution in [2.24, 2.45) is 0 Å². The third kappa shape index (κ3) is 2.79. The van der Waals surface area contributed by atoms with Crippen molar-refractivity contribution in [1.29, 1.82) is 0 Å². The molecule has 1 aliphatic heterocycles. The average molecular weight is 335 g/mol. The Labute approximate surface area is 136 Å². The Kier molecular flexibility index (Phi) is 3.40. The standard InChI is InChI=1S/C17H16F3N3O/c18-17(19,20)10-1-4-13-14(5-6-21-15(13)7-10)22-11-8-16(24)23(9-11)12-2-3-12/h1,4-7,11-12H,2-3,8-9H2,(H,21,22). The molecule has 1 unspecified atom stereocenters. The van der Waals surface area contributed by atoms with Gasteiger partial charge in [0.25, 0.3) is 0 Å². The molecule has 1 amide bonds. The third-order valence-electron chi connectivity index (χ3n) is 4.58. The first kappa shape index (κ1) is 15.2. The number of nitrogens with zero attached hydrogens (tertiary/aromatic N) is 2. The first-order chi connectivity index (χ1) is 11.4. The first-order valence-corrected chi connectivity index (χ1v) is 7.94. The maximum atomic E-state index is 12.8. The molecule has 0 radical (unpaired) electrons. The Morgan fingerprint density at radius 2 is 2.00 bits per heavy atom. The number of anilines is 1. The molecule has 2 fully saturated rings. The van der Waals surface area contributed by atoms with Crippen LogP contribution < -0.4 is 5.32 Å². The number of carbonyl (C=O) groups is 1. The Bertz CT molecular complexity index is 801. The molecule has 1 aliphatic carbocycles. The summed E-state index contributed by atoms with van der Waals surface area (Å²) >= 11 is 0. The lowest BCUT2D eigenvalue weighted by Crippen LogP contribution is -2.29. The van der Waals surface area contributed by atoms with E-state index in [1.165, 1.54) is 12.3 Å². The van der Waals surface area contributed by atoms with Crippen LogP contribution in [-0.4, -0.2) is 34.4 Å². The molecule has 126 valence electrons. The lowest BCUT2D eigenvalue weighted by atomic mass is 10.1. The highest BCUT2D eigenvalue weighted by Gasteiger charge is 2.39. The van der Waals surface area contributed by atoms with Crippen LogP contribution in [0.25, 0.3) is 10.9 Å². The molecule has 7 heteroatoms. The Morgan fingerprint density at radius 1 is 1.21 bits per heavy atom. The summed E-state index contributed by atoms with van der Waals surface area (Å²) in [5, 5.41) is 3.93. The highest BCUT2D eigenvalue weighted by Crippen LogP contribution is 2.34. The van der Waals surface area contributed by atoms with Gasteiger partial charge < -0.3 is 10.2 Å². The monoisotopic (exact) mass is 335 g/mol. The van der Waals surface area contributed by atoms with E-state index in [1.54, 1.807) is 6.07 Å². The van der Waals surface area contributed by atoms with Crippen molar-refractivity contribution in [1.82, 2.24) is 9.88 Å². The van der Waals surface area contributed by atoms with Crippen LogP contribution in [0.2, 0.25) is 0 Å². The van der Waals surface area contributed by atoms with E-state index in [0.717, 1.165) is 25.0 Å². The molecule has 4 rings (SSSR count). The Balaban J connectivity index is 1.59. The summed E-state index contributed by atoms with van der Waals surface area (Å²) in [5.74, 6) is 0.146. The predicted octanol–water partition coefficient (Wildman–Crippen LogP) is 3.43. The normalized spacial score (nSPS) is 21.5.